The highest BCUT2D eigenvalue weighted by Gasteiger charge is 2.15. The fourth-order valence-electron chi connectivity index (χ4n) is 3.07. The van der Waals surface area contributed by atoms with Gasteiger partial charge in [-0.2, -0.15) is 0 Å². The number of halogens is 1. The number of nitrogens with one attached hydrogen (secondary N) is 2. The normalized spacial score (nSPS) is 14.2. The largest absolute Gasteiger partial charge is 0.378 e. The standard InChI is InChI=1S/C20H24FN3OS/c1-14-4-3-5-15(2)19(14)23-20(26)22-13-16-6-7-18(17(21)12-16)24-8-10-25-11-9-24/h3-7,12H,8-11,13H2,1-2H3,(H2,22,23,26). The third-order valence-corrected chi connectivity index (χ3v) is 4.78. The Morgan fingerprint density at radius 2 is 1.85 bits per heavy atom. The fourth-order valence-corrected chi connectivity index (χ4v) is 3.25. The predicted octanol–water partition coefficient (Wildman–Crippen LogP) is 3.77. The minimum atomic E-state index is -0.208. The van der Waals surface area contributed by atoms with Crippen LogP contribution in [-0.4, -0.2) is 31.4 Å². The number of morpholine rings is 1. The van der Waals surface area contributed by atoms with Gasteiger partial charge in [-0.1, -0.05) is 24.3 Å². The maximum atomic E-state index is 14.5. The van der Waals surface area contributed by atoms with Crippen LogP contribution in [-0.2, 0) is 11.3 Å². The number of ether oxygens (including phenoxy) is 1. The van der Waals surface area contributed by atoms with Crippen LogP contribution in [0.1, 0.15) is 16.7 Å². The molecule has 1 saturated heterocycles. The number of hydrogen-bond acceptors (Lipinski definition) is 3. The molecule has 0 aromatic heterocycles. The van der Waals surface area contributed by atoms with Crippen LogP contribution in [0, 0.1) is 19.7 Å². The first kappa shape index (κ1) is 18.6. The highest BCUT2D eigenvalue weighted by molar-refractivity contribution is 7.80. The first-order chi connectivity index (χ1) is 12.5. The van der Waals surface area contributed by atoms with E-state index in [1.807, 2.05) is 49.1 Å². The number of thiocarbonyl (C=S) groups is 1. The van der Waals surface area contributed by atoms with Gasteiger partial charge < -0.3 is 20.3 Å². The molecule has 0 aliphatic carbocycles. The lowest BCUT2D eigenvalue weighted by Gasteiger charge is -2.29. The summed E-state index contributed by atoms with van der Waals surface area (Å²) in [6.45, 7) is 7.27. The molecule has 0 atom stereocenters. The molecule has 6 heteroatoms. The molecule has 0 unspecified atom stereocenters. The van der Waals surface area contributed by atoms with E-state index in [-0.39, 0.29) is 5.82 Å². The van der Waals surface area contributed by atoms with E-state index >= 15 is 0 Å². The summed E-state index contributed by atoms with van der Waals surface area (Å²) >= 11 is 5.38. The van der Waals surface area contributed by atoms with E-state index in [9.17, 15) is 4.39 Å². The molecule has 4 nitrogen and oxygen atoms in total. The van der Waals surface area contributed by atoms with Crippen LogP contribution < -0.4 is 15.5 Å². The molecule has 1 aliphatic rings. The van der Waals surface area contributed by atoms with Crippen LogP contribution >= 0.6 is 12.2 Å². The summed E-state index contributed by atoms with van der Waals surface area (Å²) in [6, 6.07) is 11.4. The number of para-hydroxylation sites is 1. The zero-order chi connectivity index (χ0) is 18.5. The molecule has 0 bridgehead atoms. The Labute approximate surface area is 159 Å². The van der Waals surface area contributed by atoms with Crippen LogP contribution in [0.2, 0.25) is 0 Å². The SMILES string of the molecule is Cc1cccc(C)c1NC(=S)NCc1ccc(N2CCOCC2)c(F)c1. The van der Waals surface area contributed by atoms with Crippen LogP contribution in [0.25, 0.3) is 0 Å². The summed E-state index contributed by atoms with van der Waals surface area (Å²) in [5.41, 5.74) is 4.77. The van der Waals surface area contributed by atoms with Gasteiger partial charge in [0.1, 0.15) is 5.82 Å². The van der Waals surface area contributed by atoms with Gasteiger partial charge in [-0.3, -0.25) is 0 Å². The fraction of sp³-hybridized carbons (Fsp3) is 0.350. The molecule has 1 fully saturated rings. The molecule has 2 N–H and O–H groups in total. The van der Waals surface area contributed by atoms with Crippen molar-refractivity contribution in [2.45, 2.75) is 20.4 Å². The summed E-state index contributed by atoms with van der Waals surface area (Å²) in [6.07, 6.45) is 0. The van der Waals surface area contributed by atoms with Crippen LogP contribution in [0.15, 0.2) is 36.4 Å². The molecule has 0 radical (unpaired) electrons. The summed E-state index contributed by atoms with van der Waals surface area (Å²) < 4.78 is 19.8. The third-order valence-electron chi connectivity index (χ3n) is 4.54. The lowest BCUT2D eigenvalue weighted by Crippen LogP contribution is -2.36. The Kier molecular flexibility index (Phi) is 6.06. The van der Waals surface area contributed by atoms with Crippen LogP contribution in [0.3, 0.4) is 0 Å². The van der Waals surface area contributed by atoms with Crippen molar-refractivity contribution in [3.63, 3.8) is 0 Å². The summed E-state index contributed by atoms with van der Waals surface area (Å²) in [4.78, 5) is 2.02. The van der Waals surface area contributed by atoms with Gasteiger partial charge in [0.15, 0.2) is 5.11 Å². The van der Waals surface area contributed by atoms with Crippen LogP contribution in [0.5, 0.6) is 0 Å². The summed E-state index contributed by atoms with van der Waals surface area (Å²) in [7, 11) is 0. The van der Waals surface area contributed by atoms with Crippen molar-refractivity contribution in [3.8, 4) is 0 Å². The first-order valence-corrected chi connectivity index (χ1v) is 9.17. The van der Waals surface area contributed by atoms with Crippen molar-refractivity contribution in [2.24, 2.45) is 0 Å². The number of nitrogens with zero attached hydrogens (tertiary/aromatic N) is 1. The number of aryl methyl sites for hydroxylation is 2. The van der Waals surface area contributed by atoms with E-state index in [2.05, 4.69) is 10.6 Å². The van der Waals surface area contributed by atoms with Gasteiger partial charge in [0.05, 0.1) is 18.9 Å². The predicted molar refractivity (Wildman–Crippen MR) is 108 cm³/mol. The monoisotopic (exact) mass is 373 g/mol. The van der Waals surface area contributed by atoms with Crippen molar-refractivity contribution in [1.82, 2.24) is 5.32 Å². The minimum absolute atomic E-state index is 0.208. The van der Waals surface area contributed by atoms with Gasteiger partial charge in [-0.05, 0) is 54.9 Å². The van der Waals surface area contributed by atoms with Gasteiger partial charge in [0.2, 0.25) is 0 Å². The number of benzene rings is 2. The summed E-state index contributed by atoms with van der Waals surface area (Å²) in [5, 5.41) is 6.91. The van der Waals surface area contributed by atoms with E-state index in [1.54, 1.807) is 6.07 Å². The third kappa shape index (κ3) is 4.51. The van der Waals surface area contributed by atoms with E-state index < -0.39 is 0 Å². The maximum Gasteiger partial charge on any atom is 0.171 e. The molecule has 1 aliphatic heterocycles. The highest BCUT2D eigenvalue weighted by Crippen LogP contribution is 2.22. The Morgan fingerprint density at radius 3 is 2.50 bits per heavy atom. The smallest absolute Gasteiger partial charge is 0.171 e. The lowest BCUT2D eigenvalue weighted by molar-refractivity contribution is 0.122. The van der Waals surface area contributed by atoms with Gasteiger partial charge in [-0.15, -0.1) is 0 Å². The lowest BCUT2D eigenvalue weighted by atomic mass is 10.1. The molecule has 3 rings (SSSR count). The Balaban J connectivity index is 1.59. The van der Waals surface area contributed by atoms with E-state index in [1.165, 1.54) is 0 Å². The van der Waals surface area contributed by atoms with Crippen molar-refractivity contribution in [1.29, 1.82) is 0 Å². The Morgan fingerprint density at radius 1 is 1.15 bits per heavy atom. The second kappa shape index (κ2) is 8.47. The van der Waals surface area contributed by atoms with Crippen LogP contribution in [0.4, 0.5) is 15.8 Å². The second-order valence-corrected chi connectivity index (χ2v) is 6.87. The van der Waals surface area contributed by atoms with Crippen molar-refractivity contribution < 1.29 is 9.13 Å². The molecule has 1 heterocycles. The number of rotatable bonds is 4. The molecular weight excluding hydrogens is 349 g/mol. The molecule has 2 aromatic rings. The van der Waals surface area contributed by atoms with Gasteiger partial charge >= 0.3 is 0 Å². The molecule has 0 saturated carbocycles. The average molecular weight is 373 g/mol. The van der Waals surface area contributed by atoms with E-state index in [4.69, 9.17) is 17.0 Å². The van der Waals surface area contributed by atoms with E-state index in [0.29, 0.717) is 30.6 Å². The zero-order valence-electron chi connectivity index (χ0n) is 15.1. The van der Waals surface area contributed by atoms with E-state index in [0.717, 1.165) is 35.5 Å². The second-order valence-electron chi connectivity index (χ2n) is 6.46. The maximum absolute atomic E-state index is 14.5. The Bertz CT molecular complexity index is 770. The first-order valence-electron chi connectivity index (χ1n) is 8.77. The van der Waals surface area contributed by atoms with Crippen molar-refractivity contribution >= 4 is 28.7 Å². The van der Waals surface area contributed by atoms with Gasteiger partial charge in [0, 0.05) is 25.3 Å². The molecular formula is C20H24FN3OS. The molecule has 138 valence electrons. The molecule has 0 amide bonds. The topological polar surface area (TPSA) is 36.5 Å². The molecule has 2 aromatic carbocycles. The molecule has 26 heavy (non-hydrogen) atoms. The molecule has 0 spiro atoms. The summed E-state index contributed by atoms with van der Waals surface area (Å²) in [5.74, 6) is -0.208. The number of hydrogen-bond donors (Lipinski definition) is 2. The van der Waals surface area contributed by atoms with Crippen molar-refractivity contribution in [2.75, 3.05) is 36.5 Å². The van der Waals surface area contributed by atoms with Gasteiger partial charge in [-0.25, -0.2) is 4.39 Å². The quantitative estimate of drug-likeness (QED) is 0.798. The zero-order valence-corrected chi connectivity index (χ0v) is 16.0. The highest BCUT2D eigenvalue weighted by atomic mass is 32.1. The minimum Gasteiger partial charge on any atom is -0.378 e. The average Bonchev–Trinajstić information content (AvgIpc) is 2.64. The Hall–Kier alpha value is -2.18. The number of anilines is 2. The van der Waals surface area contributed by atoms with Crippen molar-refractivity contribution in [3.05, 3.63) is 58.9 Å². The van der Waals surface area contributed by atoms with Gasteiger partial charge in [0.25, 0.3) is 0 Å².